The molecule has 0 amide bonds. The van der Waals surface area contributed by atoms with E-state index in [1.54, 1.807) is 6.07 Å². The van der Waals surface area contributed by atoms with Crippen LogP contribution < -0.4 is 14.8 Å². The van der Waals surface area contributed by atoms with Crippen molar-refractivity contribution < 1.29 is 22.6 Å². The molecular formula is C19H21ClF3NO2. The average molecular weight is 388 g/mol. The van der Waals surface area contributed by atoms with Crippen molar-refractivity contribution in [1.29, 1.82) is 0 Å². The fraction of sp³-hybridized carbons (Fsp3) is 0.368. The highest BCUT2D eigenvalue weighted by atomic mass is 35.5. The van der Waals surface area contributed by atoms with E-state index in [4.69, 9.17) is 4.74 Å². The fourth-order valence-electron chi connectivity index (χ4n) is 2.49. The minimum Gasteiger partial charge on any atom is -0.489 e. The van der Waals surface area contributed by atoms with Crippen LogP contribution in [0.25, 0.3) is 0 Å². The Kier molecular flexibility index (Phi) is 7.17. The standard InChI is InChI=1S/C19H20F3NO2.ClH/c20-19(21,22)25-18-9-16(12-23-11-14-6-7-14)8-17(10-18)24-13-15-4-2-1-3-5-15;/h1-5,8-10,14,23H,6-7,11-13H2;1H. The summed E-state index contributed by atoms with van der Waals surface area (Å²) in [4.78, 5) is 0. The molecule has 0 heterocycles. The van der Waals surface area contributed by atoms with Gasteiger partial charge in [-0.05, 0) is 48.6 Å². The molecule has 0 atom stereocenters. The van der Waals surface area contributed by atoms with Crippen LogP contribution in [-0.2, 0) is 13.2 Å². The molecule has 26 heavy (non-hydrogen) atoms. The minimum absolute atomic E-state index is 0. The molecule has 2 aromatic rings. The molecule has 0 aromatic heterocycles. The molecule has 3 nitrogen and oxygen atoms in total. The summed E-state index contributed by atoms with van der Waals surface area (Å²) >= 11 is 0. The predicted octanol–water partition coefficient (Wildman–Crippen LogP) is 5.09. The molecule has 0 aliphatic heterocycles. The maximum Gasteiger partial charge on any atom is 0.573 e. The molecule has 7 heteroatoms. The largest absolute Gasteiger partial charge is 0.573 e. The lowest BCUT2D eigenvalue weighted by atomic mass is 10.2. The molecule has 0 bridgehead atoms. The first-order valence-corrected chi connectivity index (χ1v) is 8.25. The topological polar surface area (TPSA) is 30.5 Å². The first kappa shape index (κ1) is 20.4. The van der Waals surface area contributed by atoms with E-state index in [0.29, 0.717) is 23.8 Å². The second-order valence-corrected chi connectivity index (χ2v) is 6.21. The van der Waals surface area contributed by atoms with Gasteiger partial charge in [0.25, 0.3) is 0 Å². The van der Waals surface area contributed by atoms with Gasteiger partial charge < -0.3 is 14.8 Å². The van der Waals surface area contributed by atoms with Crippen molar-refractivity contribution in [1.82, 2.24) is 5.32 Å². The normalized spacial score (nSPS) is 13.8. The molecule has 142 valence electrons. The summed E-state index contributed by atoms with van der Waals surface area (Å²) in [6.07, 6.45) is -2.29. The minimum atomic E-state index is -4.73. The van der Waals surface area contributed by atoms with Crippen LogP contribution in [0.4, 0.5) is 13.2 Å². The molecule has 2 aromatic carbocycles. The summed E-state index contributed by atoms with van der Waals surface area (Å²) in [6.45, 7) is 1.64. The lowest BCUT2D eigenvalue weighted by Gasteiger charge is -2.14. The van der Waals surface area contributed by atoms with Gasteiger partial charge in [-0.1, -0.05) is 30.3 Å². The highest BCUT2D eigenvalue weighted by Gasteiger charge is 2.31. The Morgan fingerprint density at radius 3 is 2.31 bits per heavy atom. The van der Waals surface area contributed by atoms with Gasteiger partial charge in [0, 0.05) is 12.6 Å². The highest BCUT2D eigenvalue weighted by molar-refractivity contribution is 5.85. The smallest absolute Gasteiger partial charge is 0.489 e. The maximum absolute atomic E-state index is 12.5. The van der Waals surface area contributed by atoms with Crippen LogP contribution in [0.2, 0.25) is 0 Å². The number of nitrogens with one attached hydrogen (secondary N) is 1. The number of rotatable bonds is 8. The van der Waals surface area contributed by atoms with E-state index in [9.17, 15) is 13.2 Å². The third kappa shape index (κ3) is 7.14. The Morgan fingerprint density at radius 2 is 1.65 bits per heavy atom. The number of alkyl halides is 3. The van der Waals surface area contributed by atoms with Crippen molar-refractivity contribution in [3.8, 4) is 11.5 Å². The first-order chi connectivity index (χ1) is 12.0. The van der Waals surface area contributed by atoms with Crippen LogP contribution in [0.5, 0.6) is 11.5 Å². The van der Waals surface area contributed by atoms with Gasteiger partial charge in [0.2, 0.25) is 0 Å². The lowest BCUT2D eigenvalue weighted by Crippen LogP contribution is -2.18. The van der Waals surface area contributed by atoms with Gasteiger partial charge >= 0.3 is 6.36 Å². The van der Waals surface area contributed by atoms with Gasteiger partial charge in [-0.3, -0.25) is 0 Å². The highest BCUT2D eigenvalue weighted by Crippen LogP contribution is 2.30. The summed E-state index contributed by atoms with van der Waals surface area (Å²) in [5, 5.41) is 3.26. The van der Waals surface area contributed by atoms with E-state index in [-0.39, 0.29) is 24.8 Å². The van der Waals surface area contributed by atoms with Gasteiger partial charge in [0.1, 0.15) is 18.1 Å². The molecule has 1 fully saturated rings. The van der Waals surface area contributed by atoms with Gasteiger partial charge in [0.05, 0.1) is 0 Å². The molecule has 1 aliphatic carbocycles. The molecule has 1 N–H and O–H groups in total. The zero-order valence-corrected chi connectivity index (χ0v) is 14.9. The Morgan fingerprint density at radius 1 is 0.962 bits per heavy atom. The summed E-state index contributed by atoms with van der Waals surface area (Å²) in [7, 11) is 0. The number of ether oxygens (including phenoxy) is 2. The van der Waals surface area contributed by atoms with E-state index in [1.807, 2.05) is 30.3 Å². The van der Waals surface area contributed by atoms with Gasteiger partial charge in [-0.2, -0.15) is 0 Å². The Labute approximate surface area is 156 Å². The third-order valence-corrected chi connectivity index (χ3v) is 3.88. The van der Waals surface area contributed by atoms with E-state index < -0.39 is 6.36 Å². The molecule has 1 aliphatic rings. The molecule has 0 unspecified atom stereocenters. The summed E-state index contributed by atoms with van der Waals surface area (Å²) in [6, 6.07) is 13.9. The van der Waals surface area contributed by atoms with Crippen molar-refractivity contribution in [3.63, 3.8) is 0 Å². The van der Waals surface area contributed by atoms with Crippen LogP contribution in [0, 0.1) is 5.92 Å². The van der Waals surface area contributed by atoms with Crippen LogP contribution >= 0.6 is 12.4 Å². The van der Waals surface area contributed by atoms with E-state index in [1.165, 1.54) is 25.0 Å². The van der Waals surface area contributed by atoms with Gasteiger partial charge in [-0.25, -0.2) is 0 Å². The SMILES string of the molecule is Cl.FC(F)(F)Oc1cc(CNCC2CC2)cc(OCc2ccccc2)c1. The quantitative estimate of drug-likeness (QED) is 0.684. The van der Waals surface area contributed by atoms with Crippen LogP contribution in [0.15, 0.2) is 48.5 Å². The van der Waals surface area contributed by atoms with Gasteiger partial charge in [-0.15, -0.1) is 25.6 Å². The first-order valence-electron chi connectivity index (χ1n) is 8.25. The van der Waals surface area contributed by atoms with Gasteiger partial charge in [0.15, 0.2) is 0 Å². The second-order valence-electron chi connectivity index (χ2n) is 6.21. The average Bonchev–Trinajstić information content (AvgIpc) is 3.36. The summed E-state index contributed by atoms with van der Waals surface area (Å²) in [5.74, 6) is 0.790. The van der Waals surface area contributed by atoms with Crippen molar-refractivity contribution in [3.05, 3.63) is 59.7 Å². The Hall–Kier alpha value is -1.92. The monoisotopic (exact) mass is 387 g/mol. The van der Waals surface area contributed by atoms with Crippen molar-refractivity contribution >= 4 is 12.4 Å². The van der Waals surface area contributed by atoms with Crippen molar-refractivity contribution in [2.24, 2.45) is 5.92 Å². The lowest BCUT2D eigenvalue weighted by molar-refractivity contribution is -0.274. The van der Waals surface area contributed by atoms with Crippen molar-refractivity contribution in [2.75, 3.05) is 6.54 Å². The van der Waals surface area contributed by atoms with E-state index >= 15 is 0 Å². The van der Waals surface area contributed by atoms with E-state index in [2.05, 4.69) is 10.1 Å². The Bertz CT molecular complexity index is 691. The summed E-state index contributed by atoms with van der Waals surface area (Å²) in [5.41, 5.74) is 1.64. The maximum atomic E-state index is 12.5. The van der Waals surface area contributed by atoms with Crippen LogP contribution in [0.3, 0.4) is 0 Å². The number of hydrogen-bond donors (Lipinski definition) is 1. The fourth-order valence-corrected chi connectivity index (χ4v) is 2.49. The molecular weight excluding hydrogens is 367 g/mol. The molecule has 0 radical (unpaired) electrons. The summed E-state index contributed by atoms with van der Waals surface area (Å²) < 4.78 is 47.3. The Balaban J connectivity index is 0.00000243. The number of hydrogen-bond acceptors (Lipinski definition) is 3. The number of benzene rings is 2. The molecule has 0 spiro atoms. The third-order valence-electron chi connectivity index (χ3n) is 3.88. The molecule has 3 rings (SSSR count). The second kappa shape index (κ2) is 9.14. The predicted molar refractivity (Wildman–Crippen MR) is 95.6 cm³/mol. The zero-order valence-electron chi connectivity index (χ0n) is 14.1. The molecule has 0 saturated heterocycles. The molecule has 1 saturated carbocycles. The van der Waals surface area contributed by atoms with Crippen LogP contribution in [0.1, 0.15) is 24.0 Å². The zero-order chi connectivity index (χ0) is 17.7. The van der Waals surface area contributed by atoms with Crippen LogP contribution in [-0.4, -0.2) is 12.9 Å². The number of halogens is 4. The van der Waals surface area contributed by atoms with Crippen molar-refractivity contribution in [2.45, 2.75) is 32.4 Å². The van der Waals surface area contributed by atoms with E-state index in [0.717, 1.165) is 12.1 Å².